The quantitative estimate of drug-likeness (QED) is 0.651. The van der Waals surface area contributed by atoms with Crippen LogP contribution in [0.4, 0.5) is 0 Å². The van der Waals surface area contributed by atoms with Gasteiger partial charge in [0.05, 0.1) is 20.1 Å². The Hall–Kier alpha value is -2.50. The van der Waals surface area contributed by atoms with Gasteiger partial charge in [-0.25, -0.2) is 4.79 Å². The molecule has 1 unspecified atom stereocenters. The highest BCUT2D eigenvalue weighted by Gasteiger charge is 2.27. The number of benzene rings is 1. The number of para-hydroxylation sites is 1. The van der Waals surface area contributed by atoms with Crippen molar-refractivity contribution in [1.29, 1.82) is 0 Å². The molecule has 6 nitrogen and oxygen atoms in total. The van der Waals surface area contributed by atoms with Gasteiger partial charge in [-0.3, -0.25) is 4.79 Å². The van der Waals surface area contributed by atoms with Crippen molar-refractivity contribution in [2.75, 3.05) is 27.4 Å². The van der Waals surface area contributed by atoms with Gasteiger partial charge in [0.1, 0.15) is 6.61 Å². The Labute approximate surface area is 129 Å². The van der Waals surface area contributed by atoms with Gasteiger partial charge in [-0.2, -0.15) is 0 Å². The van der Waals surface area contributed by atoms with Crippen LogP contribution < -0.4 is 14.8 Å². The number of esters is 1. The number of ether oxygens (including phenoxy) is 3. The van der Waals surface area contributed by atoms with Gasteiger partial charge in [0.15, 0.2) is 11.5 Å². The molecule has 0 saturated carbocycles. The first-order chi connectivity index (χ1) is 10.7. The van der Waals surface area contributed by atoms with Crippen LogP contribution in [-0.2, 0) is 20.7 Å². The Kier molecular flexibility index (Phi) is 5.41. The number of methoxy groups -OCH3 is 2. The van der Waals surface area contributed by atoms with Gasteiger partial charge in [0.25, 0.3) is 0 Å². The van der Waals surface area contributed by atoms with Crippen molar-refractivity contribution in [2.24, 2.45) is 5.92 Å². The van der Waals surface area contributed by atoms with Gasteiger partial charge < -0.3 is 19.5 Å². The second-order valence-electron chi connectivity index (χ2n) is 4.83. The maximum atomic E-state index is 12.1. The summed E-state index contributed by atoms with van der Waals surface area (Å²) in [5, 5.41) is 2.75. The van der Waals surface area contributed by atoms with Crippen molar-refractivity contribution in [1.82, 2.24) is 5.32 Å². The smallest absolute Gasteiger partial charge is 0.330 e. The van der Waals surface area contributed by atoms with E-state index in [1.807, 2.05) is 18.2 Å². The molecule has 0 spiro atoms. The second-order valence-corrected chi connectivity index (χ2v) is 4.83. The topological polar surface area (TPSA) is 73.9 Å². The number of nitrogens with one attached hydrogen (secondary N) is 1. The Morgan fingerprint density at radius 1 is 1.41 bits per heavy atom. The lowest BCUT2D eigenvalue weighted by Gasteiger charge is -2.25. The predicted octanol–water partition coefficient (Wildman–Crippen LogP) is 1.09. The molecule has 0 fully saturated rings. The number of amides is 1. The molecule has 1 aliphatic rings. The third-order valence-electron chi connectivity index (χ3n) is 3.40. The molecule has 1 aliphatic heterocycles. The first kappa shape index (κ1) is 15.9. The number of hydrogen-bond donors (Lipinski definition) is 1. The number of carbonyl (C=O) groups excluding carboxylic acids is 2. The molecule has 1 N–H and O–H groups in total. The van der Waals surface area contributed by atoms with E-state index in [0.717, 1.165) is 5.56 Å². The number of hydrogen-bond acceptors (Lipinski definition) is 5. The van der Waals surface area contributed by atoms with E-state index in [2.05, 4.69) is 10.1 Å². The molecule has 1 amide bonds. The molecule has 118 valence electrons. The molecule has 2 rings (SSSR count). The van der Waals surface area contributed by atoms with Crippen LogP contribution in [0.1, 0.15) is 5.56 Å². The summed E-state index contributed by atoms with van der Waals surface area (Å²) in [5.74, 6) is 0.572. The van der Waals surface area contributed by atoms with Crippen LogP contribution in [0.15, 0.2) is 30.4 Å². The molecule has 6 heteroatoms. The highest BCUT2D eigenvalue weighted by atomic mass is 16.5. The van der Waals surface area contributed by atoms with Crippen molar-refractivity contribution in [3.63, 3.8) is 0 Å². The average Bonchev–Trinajstić information content (AvgIpc) is 2.57. The fourth-order valence-electron chi connectivity index (χ4n) is 2.25. The average molecular weight is 305 g/mol. The zero-order chi connectivity index (χ0) is 15.9. The van der Waals surface area contributed by atoms with Gasteiger partial charge in [0, 0.05) is 12.6 Å². The summed E-state index contributed by atoms with van der Waals surface area (Å²) in [6.07, 6.45) is 3.42. The van der Waals surface area contributed by atoms with E-state index in [9.17, 15) is 9.59 Å². The SMILES string of the molecule is COC(=O)/C=C/CNC(=O)C1COc2c(cccc2OC)C1. The standard InChI is InChI=1S/C16H19NO5/c1-20-13-6-3-5-11-9-12(10-22-15(11)13)16(19)17-8-4-7-14(18)21-2/h3-7,12H,8-10H2,1-2H3,(H,17,19)/b7-4+. The molecule has 0 saturated heterocycles. The largest absolute Gasteiger partial charge is 0.493 e. The Bertz CT molecular complexity index is 582. The van der Waals surface area contributed by atoms with E-state index in [1.165, 1.54) is 13.2 Å². The van der Waals surface area contributed by atoms with Crippen molar-refractivity contribution >= 4 is 11.9 Å². The van der Waals surface area contributed by atoms with E-state index in [0.29, 0.717) is 24.5 Å². The van der Waals surface area contributed by atoms with Crippen LogP contribution in [0.3, 0.4) is 0 Å². The molecule has 1 atom stereocenters. The lowest BCUT2D eigenvalue weighted by atomic mass is 9.95. The van der Waals surface area contributed by atoms with Crippen LogP contribution in [0.25, 0.3) is 0 Å². The maximum Gasteiger partial charge on any atom is 0.330 e. The van der Waals surface area contributed by atoms with Crippen LogP contribution in [0.2, 0.25) is 0 Å². The lowest BCUT2D eigenvalue weighted by Crippen LogP contribution is -2.37. The van der Waals surface area contributed by atoms with E-state index in [1.54, 1.807) is 13.2 Å². The molecule has 1 heterocycles. The van der Waals surface area contributed by atoms with Crippen molar-refractivity contribution in [2.45, 2.75) is 6.42 Å². The second kappa shape index (κ2) is 7.49. The van der Waals surface area contributed by atoms with Gasteiger partial charge >= 0.3 is 5.97 Å². The molecule has 22 heavy (non-hydrogen) atoms. The van der Waals surface area contributed by atoms with Crippen LogP contribution in [0, 0.1) is 5.92 Å². The first-order valence-corrected chi connectivity index (χ1v) is 6.96. The predicted molar refractivity (Wildman–Crippen MR) is 79.8 cm³/mol. The fourth-order valence-corrected chi connectivity index (χ4v) is 2.25. The molecule has 0 bridgehead atoms. The summed E-state index contributed by atoms with van der Waals surface area (Å²) in [6, 6.07) is 5.63. The third-order valence-corrected chi connectivity index (χ3v) is 3.40. The molecule has 1 aromatic carbocycles. The van der Waals surface area contributed by atoms with Crippen LogP contribution >= 0.6 is 0 Å². The van der Waals surface area contributed by atoms with Crippen LogP contribution in [0.5, 0.6) is 11.5 Å². The Balaban J connectivity index is 1.91. The highest BCUT2D eigenvalue weighted by molar-refractivity contribution is 5.82. The maximum absolute atomic E-state index is 12.1. The summed E-state index contributed by atoms with van der Waals surface area (Å²) in [5.41, 5.74) is 0.954. The highest BCUT2D eigenvalue weighted by Crippen LogP contribution is 2.35. The summed E-state index contributed by atoms with van der Waals surface area (Å²) in [4.78, 5) is 23.0. The number of rotatable bonds is 5. The summed E-state index contributed by atoms with van der Waals surface area (Å²) < 4.78 is 15.4. The first-order valence-electron chi connectivity index (χ1n) is 6.96. The summed E-state index contributed by atoms with van der Waals surface area (Å²) in [6.45, 7) is 0.579. The van der Waals surface area contributed by atoms with E-state index < -0.39 is 5.97 Å². The minimum atomic E-state index is -0.448. The van der Waals surface area contributed by atoms with E-state index in [-0.39, 0.29) is 18.4 Å². The molecule has 1 aromatic rings. The van der Waals surface area contributed by atoms with Gasteiger partial charge in [0.2, 0.25) is 5.91 Å². The molecule has 0 aliphatic carbocycles. The summed E-state index contributed by atoms with van der Waals surface area (Å²) >= 11 is 0. The number of fused-ring (bicyclic) bond motifs is 1. The number of carbonyl (C=O) groups is 2. The molecular formula is C16H19NO5. The lowest BCUT2D eigenvalue weighted by molar-refractivity contribution is -0.135. The van der Waals surface area contributed by atoms with Gasteiger partial charge in [-0.15, -0.1) is 0 Å². The summed E-state index contributed by atoms with van der Waals surface area (Å²) in [7, 11) is 2.89. The zero-order valence-corrected chi connectivity index (χ0v) is 12.6. The molecule has 0 radical (unpaired) electrons. The van der Waals surface area contributed by atoms with Gasteiger partial charge in [-0.05, 0) is 18.1 Å². The molecular weight excluding hydrogens is 286 g/mol. The van der Waals surface area contributed by atoms with Crippen LogP contribution in [-0.4, -0.2) is 39.2 Å². The van der Waals surface area contributed by atoms with Gasteiger partial charge in [-0.1, -0.05) is 18.2 Å². The monoisotopic (exact) mass is 305 g/mol. The van der Waals surface area contributed by atoms with Crippen molar-refractivity contribution < 1.29 is 23.8 Å². The van der Waals surface area contributed by atoms with E-state index >= 15 is 0 Å². The fraction of sp³-hybridized carbons (Fsp3) is 0.375. The minimum Gasteiger partial charge on any atom is -0.493 e. The third kappa shape index (κ3) is 3.78. The van der Waals surface area contributed by atoms with Crippen molar-refractivity contribution in [3.8, 4) is 11.5 Å². The molecule has 0 aromatic heterocycles. The Morgan fingerprint density at radius 3 is 2.95 bits per heavy atom. The van der Waals surface area contributed by atoms with Crippen molar-refractivity contribution in [3.05, 3.63) is 35.9 Å². The minimum absolute atomic E-state index is 0.108. The zero-order valence-electron chi connectivity index (χ0n) is 12.6. The van der Waals surface area contributed by atoms with E-state index in [4.69, 9.17) is 9.47 Å². The Morgan fingerprint density at radius 2 is 2.23 bits per heavy atom. The normalized spacial score (nSPS) is 16.5.